The van der Waals surface area contributed by atoms with Crippen molar-refractivity contribution in [3.05, 3.63) is 41.2 Å². The van der Waals surface area contributed by atoms with Crippen molar-refractivity contribution >= 4 is 11.6 Å². The van der Waals surface area contributed by atoms with Crippen LogP contribution in [0.5, 0.6) is 0 Å². The van der Waals surface area contributed by atoms with Crippen LogP contribution in [-0.2, 0) is 13.0 Å². The number of carbonyl (C=O) groups excluding carboxylic acids is 1. The van der Waals surface area contributed by atoms with Gasteiger partial charge in [0.15, 0.2) is 0 Å². The van der Waals surface area contributed by atoms with Gasteiger partial charge >= 0.3 is 0 Å². The Morgan fingerprint density at radius 3 is 2.33 bits per heavy atom. The summed E-state index contributed by atoms with van der Waals surface area (Å²) in [5, 5.41) is 9.30. The maximum atomic E-state index is 12.3. The third kappa shape index (κ3) is 4.72. The van der Waals surface area contributed by atoms with E-state index in [0.29, 0.717) is 18.5 Å². The van der Waals surface area contributed by atoms with Crippen LogP contribution in [0.3, 0.4) is 0 Å². The minimum absolute atomic E-state index is 0.130. The van der Waals surface area contributed by atoms with Gasteiger partial charge in [0.2, 0.25) is 0 Å². The molecule has 3 N–H and O–H groups in total. The summed E-state index contributed by atoms with van der Waals surface area (Å²) < 4.78 is 2.18. The summed E-state index contributed by atoms with van der Waals surface area (Å²) in [6.45, 7) is 4.97. The van der Waals surface area contributed by atoms with Crippen LogP contribution >= 0.6 is 0 Å². The molecule has 0 aliphatic carbocycles. The quantitative estimate of drug-likeness (QED) is 0.625. The molecule has 27 heavy (non-hydrogen) atoms. The number of primary amides is 1. The molecular formula is C22H33N3O2. The maximum Gasteiger partial charge on any atom is 0.251 e. The van der Waals surface area contributed by atoms with Crippen LogP contribution in [0.25, 0.3) is 11.1 Å². The molecule has 0 unspecified atom stereocenters. The number of hydrogen-bond donors (Lipinski definition) is 2. The average molecular weight is 372 g/mol. The lowest BCUT2D eigenvalue weighted by Gasteiger charge is -2.15. The number of aliphatic hydroxyl groups is 1. The van der Waals surface area contributed by atoms with E-state index in [1.54, 1.807) is 0 Å². The largest absolute Gasteiger partial charge is 0.396 e. The van der Waals surface area contributed by atoms with Crippen molar-refractivity contribution in [3.63, 3.8) is 0 Å². The van der Waals surface area contributed by atoms with E-state index >= 15 is 0 Å². The van der Waals surface area contributed by atoms with Crippen molar-refractivity contribution in [2.24, 2.45) is 5.73 Å². The maximum absolute atomic E-state index is 12.3. The van der Waals surface area contributed by atoms with E-state index in [4.69, 9.17) is 5.73 Å². The van der Waals surface area contributed by atoms with Crippen LogP contribution in [0.15, 0.2) is 24.3 Å². The highest BCUT2D eigenvalue weighted by Crippen LogP contribution is 2.35. The van der Waals surface area contributed by atoms with Crippen LogP contribution in [0, 0.1) is 6.92 Å². The van der Waals surface area contributed by atoms with E-state index in [2.05, 4.69) is 40.7 Å². The Bertz CT molecular complexity index is 761. The van der Waals surface area contributed by atoms with E-state index in [1.807, 2.05) is 21.0 Å². The first-order chi connectivity index (χ1) is 12.9. The molecule has 0 aliphatic rings. The van der Waals surface area contributed by atoms with Crippen molar-refractivity contribution < 1.29 is 9.90 Å². The highest BCUT2D eigenvalue weighted by Gasteiger charge is 2.24. The van der Waals surface area contributed by atoms with Crippen LogP contribution < -0.4 is 10.6 Å². The molecule has 2 rings (SSSR count). The molecule has 0 aliphatic heterocycles. The van der Waals surface area contributed by atoms with Gasteiger partial charge in [-0.3, -0.25) is 4.79 Å². The third-order valence-corrected chi connectivity index (χ3v) is 5.11. The predicted octanol–water partition coefficient (Wildman–Crippen LogP) is 3.74. The Labute approximate surface area is 162 Å². The average Bonchev–Trinajstić information content (AvgIpc) is 2.92. The number of benzene rings is 1. The van der Waals surface area contributed by atoms with E-state index in [9.17, 15) is 9.90 Å². The smallest absolute Gasteiger partial charge is 0.251 e. The number of carbonyl (C=O) groups is 1. The number of unbranched alkanes of at least 4 members (excludes halogenated alkanes) is 2. The first kappa shape index (κ1) is 21.0. The van der Waals surface area contributed by atoms with Gasteiger partial charge in [0.25, 0.3) is 5.91 Å². The van der Waals surface area contributed by atoms with Crippen LogP contribution in [0.2, 0.25) is 0 Å². The molecule has 0 saturated carbocycles. The van der Waals surface area contributed by atoms with Crippen LogP contribution in [-0.4, -0.2) is 36.3 Å². The van der Waals surface area contributed by atoms with Crippen LogP contribution in [0.1, 0.15) is 54.4 Å². The summed E-state index contributed by atoms with van der Waals surface area (Å²) in [6.07, 6.45) is 4.92. The van der Waals surface area contributed by atoms with Gasteiger partial charge in [0.05, 0.1) is 5.56 Å². The second-order valence-electron chi connectivity index (χ2n) is 7.27. The van der Waals surface area contributed by atoms with E-state index in [0.717, 1.165) is 53.9 Å². The van der Waals surface area contributed by atoms with Crippen molar-refractivity contribution in [1.29, 1.82) is 0 Å². The first-order valence-electron chi connectivity index (χ1n) is 9.82. The molecule has 148 valence electrons. The Kier molecular flexibility index (Phi) is 7.48. The molecule has 1 aromatic carbocycles. The van der Waals surface area contributed by atoms with E-state index < -0.39 is 5.91 Å². The Hall–Kier alpha value is -2.27. The predicted molar refractivity (Wildman–Crippen MR) is 112 cm³/mol. The molecule has 0 fully saturated rings. The zero-order chi connectivity index (χ0) is 20.0. The standard InChI is InChI=1S/C22H33N3O2/c1-5-6-7-9-19-21(17-10-12-18(13-11-17)24(3)4)20(22(23)27)16(2)25(19)14-8-15-26/h10-13,26H,5-9,14-15H2,1-4H3,(H2,23,27). The highest BCUT2D eigenvalue weighted by molar-refractivity contribution is 6.02. The Morgan fingerprint density at radius 1 is 1.15 bits per heavy atom. The molecule has 0 radical (unpaired) electrons. The molecule has 2 aromatic rings. The minimum Gasteiger partial charge on any atom is -0.396 e. The minimum atomic E-state index is -0.390. The van der Waals surface area contributed by atoms with E-state index in [1.165, 1.54) is 0 Å². The number of rotatable bonds is 10. The number of nitrogens with two attached hydrogens (primary N) is 1. The molecule has 0 atom stereocenters. The van der Waals surface area contributed by atoms with Gasteiger partial charge in [0, 0.05) is 49.9 Å². The van der Waals surface area contributed by atoms with Crippen molar-refractivity contribution in [3.8, 4) is 11.1 Å². The lowest BCUT2D eigenvalue weighted by Crippen LogP contribution is -2.13. The fourth-order valence-electron chi connectivity index (χ4n) is 3.67. The van der Waals surface area contributed by atoms with Gasteiger partial charge in [-0.1, -0.05) is 31.9 Å². The SMILES string of the molecule is CCCCCc1c(-c2ccc(N(C)C)cc2)c(C(N)=O)c(C)n1CCCO. The lowest BCUT2D eigenvalue weighted by atomic mass is 9.97. The molecule has 5 nitrogen and oxygen atoms in total. The number of nitrogens with zero attached hydrogens (tertiary/aromatic N) is 2. The summed E-state index contributed by atoms with van der Waals surface area (Å²) >= 11 is 0. The number of aliphatic hydroxyl groups excluding tert-OH is 1. The molecule has 0 saturated heterocycles. The molecular weight excluding hydrogens is 338 g/mol. The summed E-state index contributed by atoms with van der Waals surface area (Å²) in [7, 11) is 4.02. The summed E-state index contributed by atoms with van der Waals surface area (Å²) in [6, 6.07) is 8.26. The molecule has 0 spiro atoms. The normalized spacial score (nSPS) is 11.0. The van der Waals surface area contributed by atoms with Gasteiger partial charge in [-0.2, -0.15) is 0 Å². The molecule has 5 heteroatoms. The highest BCUT2D eigenvalue weighted by atomic mass is 16.3. The number of aromatic nitrogens is 1. The summed E-state index contributed by atoms with van der Waals surface area (Å²) in [4.78, 5) is 14.4. The van der Waals surface area contributed by atoms with Crippen LogP contribution in [0.4, 0.5) is 5.69 Å². The van der Waals surface area contributed by atoms with Crippen molar-refractivity contribution in [1.82, 2.24) is 4.57 Å². The Balaban J connectivity index is 2.61. The zero-order valence-electron chi connectivity index (χ0n) is 17.1. The fraction of sp³-hybridized carbons (Fsp3) is 0.500. The van der Waals surface area contributed by atoms with E-state index in [-0.39, 0.29) is 6.61 Å². The summed E-state index contributed by atoms with van der Waals surface area (Å²) in [5.41, 5.74) is 11.5. The zero-order valence-corrected chi connectivity index (χ0v) is 17.1. The van der Waals surface area contributed by atoms with Crippen molar-refractivity contribution in [2.75, 3.05) is 25.6 Å². The van der Waals surface area contributed by atoms with Gasteiger partial charge < -0.3 is 20.3 Å². The molecule has 1 heterocycles. The summed E-state index contributed by atoms with van der Waals surface area (Å²) in [5.74, 6) is -0.390. The number of hydrogen-bond acceptors (Lipinski definition) is 3. The second-order valence-corrected chi connectivity index (χ2v) is 7.27. The van der Waals surface area contributed by atoms with Gasteiger partial charge in [-0.15, -0.1) is 0 Å². The van der Waals surface area contributed by atoms with Gasteiger partial charge in [-0.25, -0.2) is 0 Å². The number of amides is 1. The topological polar surface area (TPSA) is 71.5 Å². The van der Waals surface area contributed by atoms with Crippen molar-refractivity contribution in [2.45, 2.75) is 52.5 Å². The third-order valence-electron chi connectivity index (χ3n) is 5.11. The monoisotopic (exact) mass is 371 g/mol. The number of anilines is 1. The molecule has 0 bridgehead atoms. The molecule has 1 aromatic heterocycles. The molecule has 1 amide bonds. The lowest BCUT2D eigenvalue weighted by molar-refractivity contribution is 0.1000. The fourth-order valence-corrected chi connectivity index (χ4v) is 3.67. The van der Waals surface area contributed by atoms with Gasteiger partial charge in [-0.05, 0) is 43.9 Å². The first-order valence-corrected chi connectivity index (χ1v) is 9.82. The van der Waals surface area contributed by atoms with Gasteiger partial charge in [0.1, 0.15) is 0 Å². The second kappa shape index (κ2) is 9.60. The Morgan fingerprint density at radius 2 is 1.81 bits per heavy atom.